The van der Waals surface area contributed by atoms with Gasteiger partial charge in [0.1, 0.15) is 0 Å². The SMILES string of the molecule is CCCCNC(=NCC1(N2CCCCC2)CCN(C)CC1)NCC.I. The highest BCUT2D eigenvalue weighted by atomic mass is 127. The number of piperidine rings is 2. The normalized spacial score (nSPS) is 22.3. The van der Waals surface area contributed by atoms with E-state index < -0.39 is 0 Å². The number of halogens is 1. The summed E-state index contributed by atoms with van der Waals surface area (Å²) in [5.74, 6) is 1.00. The van der Waals surface area contributed by atoms with E-state index in [1.54, 1.807) is 0 Å². The molecule has 0 bridgehead atoms. The molecular weight excluding hydrogens is 425 g/mol. The molecule has 0 aromatic carbocycles. The maximum atomic E-state index is 5.02. The molecule has 25 heavy (non-hydrogen) atoms. The summed E-state index contributed by atoms with van der Waals surface area (Å²) in [6.07, 6.45) is 9.04. The number of aliphatic imine (C=N–C) groups is 1. The Kier molecular flexibility index (Phi) is 11.3. The molecular formula is C19H40IN5. The largest absolute Gasteiger partial charge is 0.357 e. The zero-order chi connectivity index (χ0) is 17.3. The molecule has 0 saturated carbocycles. The van der Waals surface area contributed by atoms with Crippen molar-refractivity contribution in [2.24, 2.45) is 4.99 Å². The van der Waals surface area contributed by atoms with Gasteiger partial charge in [-0.3, -0.25) is 9.89 Å². The summed E-state index contributed by atoms with van der Waals surface area (Å²) < 4.78 is 0. The van der Waals surface area contributed by atoms with E-state index in [2.05, 4.69) is 41.3 Å². The third-order valence-electron chi connectivity index (χ3n) is 5.64. The standard InChI is InChI=1S/C19H39N5.HI/c1-4-6-12-21-18(20-5-2)22-17-19(10-15-23(3)16-11-19)24-13-8-7-9-14-24;/h4-17H2,1-3H3,(H2,20,21,22);1H. The summed E-state index contributed by atoms with van der Waals surface area (Å²) in [6.45, 7) is 12.2. The first-order valence-corrected chi connectivity index (χ1v) is 10.2. The van der Waals surface area contributed by atoms with Crippen LogP contribution >= 0.6 is 24.0 Å². The van der Waals surface area contributed by atoms with Crippen molar-refractivity contribution in [1.82, 2.24) is 20.4 Å². The van der Waals surface area contributed by atoms with E-state index in [4.69, 9.17) is 4.99 Å². The fourth-order valence-corrected chi connectivity index (χ4v) is 3.93. The van der Waals surface area contributed by atoms with Crippen LogP contribution in [-0.2, 0) is 0 Å². The van der Waals surface area contributed by atoms with Crippen molar-refractivity contribution in [3.8, 4) is 0 Å². The summed E-state index contributed by atoms with van der Waals surface area (Å²) in [6, 6.07) is 0. The van der Waals surface area contributed by atoms with Gasteiger partial charge in [-0.1, -0.05) is 19.8 Å². The minimum absolute atomic E-state index is 0. The Bertz CT molecular complexity index is 374. The number of nitrogens with zero attached hydrogens (tertiary/aromatic N) is 3. The fraction of sp³-hybridized carbons (Fsp3) is 0.947. The minimum atomic E-state index is 0. The average Bonchev–Trinajstić information content (AvgIpc) is 2.62. The predicted octanol–water partition coefficient (Wildman–Crippen LogP) is 2.91. The third kappa shape index (κ3) is 7.21. The predicted molar refractivity (Wildman–Crippen MR) is 119 cm³/mol. The van der Waals surface area contributed by atoms with Crippen molar-refractivity contribution in [3.63, 3.8) is 0 Å². The Labute approximate surface area is 172 Å². The Morgan fingerprint density at radius 3 is 2.28 bits per heavy atom. The molecule has 0 aromatic rings. The minimum Gasteiger partial charge on any atom is -0.357 e. The fourth-order valence-electron chi connectivity index (χ4n) is 3.93. The Morgan fingerprint density at radius 1 is 1.00 bits per heavy atom. The highest BCUT2D eigenvalue weighted by Gasteiger charge is 2.39. The van der Waals surface area contributed by atoms with Gasteiger partial charge in [-0.25, -0.2) is 0 Å². The van der Waals surface area contributed by atoms with Gasteiger partial charge in [0.05, 0.1) is 6.54 Å². The van der Waals surface area contributed by atoms with E-state index in [9.17, 15) is 0 Å². The van der Waals surface area contributed by atoms with Crippen molar-refractivity contribution in [3.05, 3.63) is 0 Å². The van der Waals surface area contributed by atoms with E-state index in [0.717, 1.165) is 25.6 Å². The van der Waals surface area contributed by atoms with Gasteiger partial charge in [0.25, 0.3) is 0 Å². The lowest BCUT2D eigenvalue weighted by molar-refractivity contribution is 0.0208. The maximum absolute atomic E-state index is 5.02. The van der Waals surface area contributed by atoms with Crippen molar-refractivity contribution in [1.29, 1.82) is 0 Å². The van der Waals surface area contributed by atoms with Crippen molar-refractivity contribution in [2.75, 3.05) is 52.9 Å². The number of rotatable bonds is 7. The monoisotopic (exact) mass is 465 g/mol. The second-order valence-corrected chi connectivity index (χ2v) is 7.55. The summed E-state index contributed by atoms with van der Waals surface area (Å²) in [5, 5.41) is 6.92. The first-order valence-electron chi connectivity index (χ1n) is 10.2. The van der Waals surface area contributed by atoms with Gasteiger partial charge in [-0.2, -0.15) is 0 Å². The van der Waals surface area contributed by atoms with Gasteiger partial charge >= 0.3 is 0 Å². The van der Waals surface area contributed by atoms with Crippen LogP contribution in [0.4, 0.5) is 0 Å². The summed E-state index contributed by atoms with van der Waals surface area (Å²) in [5.41, 5.74) is 0.278. The molecule has 5 nitrogen and oxygen atoms in total. The van der Waals surface area contributed by atoms with Crippen LogP contribution in [0.2, 0.25) is 0 Å². The topological polar surface area (TPSA) is 42.9 Å². The van der Waals surface area contributed by atoms with Crippen molar-refractivity contribution >= 4 is 29.9 Å². The molecule has 0 atom stereocenters. The van der Waals surface area contributed by atoms with Crippen LogP contribution in [0.15, 0.2) is 4.99 Å². The lowest BCUT2D eigenvalue weighted by Gasteiger charge is -2.49. The summed E-state index contributed by atoms with van der Waals surface area (Å²) in [7, 11) is 2.25. The summed E-state index contributed by atoms with van der Waals surface area (Å²) >= 11 is 0. The Hall–Kier alpha value is -0.0800. The number of guanidine groups is 1. The number of hydrogen-bond donors (Lipinski definition) is 2. The first kappa shape index (κ1) is 23.0. The molecule has 6 heteroatoms. The molecule has 0 spiro atoms. The molecule has 0 unspecified atom stereocenters. The molecule has 0 aromatic heterocycles. The molecule has 2 aliphatic heterocycles. The number of likely N-dealkylation sites (tertiary alicyclic amines) is 2. The third-order valence-corrected chi connectivity index (χ3v) is 5.64. The molecule has 2 rings (SSSR count). The zero-order valence-electron chi connectivity index (χ0n) is 16.6. The molecule has 0 aliphatic carbocycles. The Morgan fingerprint density at radius 2 is 1.68 bits per heavy atom. The number of nitrogens with one attached hydrogen (secondary N) is 2. The number of hydrogen-bond acceptors (Lipinski definition) is 3. The Balaban J connectivity index is 0.00000312. The van der Waals surface area contributed by atoms with Crippen LogP contribution in [0.25, 0.3) is 0 Å². The smallest absolute Gasteiger partial charge is 0.191 e. The molecule has 2 heterocycles. The average molecular weight is 465 g/mol. The van der Waals surface area contributed by atoms with E-state index in [-0.39, 0.29) is 29.5 Å². The van der Waals surface area contributed by atoms with Crippen LogP contribution in [0, 0.1) is 0 Å². The van der Waals surface area contributed by atoms with Crippen LogP contribution in [0.3, 0.4) is 0 Å². The maximum Gasteiger partial charge on any atom is 0.191 e. The highest BCUT2D eigenvalue weighted by Crippen LogP contribution is 2.31. The van der Waals surface area contributed by atoms with Crippen LogP contribution in [-0.4, -0.2) is 74.2 Å². The van der Waals surface area contributed by atoms with Gasteiger partial charge in [0, 0.05) is 18.6 Å². The van der Waals surface area contributed by atoms with Gasteiger partial charge in [0.15, 0.2) is 5.96 Å². The molecule has 0 amide bonds. The highest BCUT2D eigenvalue weighted by molar-refractivity contribution is 14.0. The van der Waals surface area contributed by atoms with E-state index >= 15 is 0 Å². The van der Waals surface area contributed by atoms with Gasteiger partial charge < -0.3 is 15.5 Å². The molecule has 2 fully saturated rings. The van der Waals surface area contributed by atoms with Crippen LogP contribution < -0.4 is 10.6 Å². The van der Waals surface area contributed by atoms with Crippen LogP contribution in [0.1, 0.15) is 58.8 Å². The molecule has 2 saturated heterocycles. The lowest BCUT2D eigenvalue weighted by Crippen LogP contribution is -2.58. The van der Waals surface area contributed by atoms with Gasteiger partial charge in [0.2, 0.25) is 0 Å². The second kappa shape index (κ2) is 12.3. The molecule has 2 aliphatic rings. The van der Waals surface area contributed by atoms with Crippen LogP contribution in [0.5, 0.6) is 0 Å². The second-order valence-electron chi connectivity index (χ2n) is 7.55. The van der Waals surface area contributed by atoms with E-state index in [1.807, 2.05) is 0 Å². The quantitative estimate of drug-likeness (QED) is 0.263. The molecule has 0 radical (unpaired) electrons. The molecule has 2 N–H and O–H groups in total. The first-order chi connectivity index (χ1) is 11.7. The van der Waals surface area contributed by atoms with E-state index in [1.165, 1.54) is 71.1 Å². The molecule has 148 valence electrons. The van der Waals surface area contributed by atoms with Gasteiger partial charge in [-0.05, 0) is 72.3 Å². The van der Waals surface area contributed by atoms with Crippen molar-refractivity contribution < 1.29 is 0 Å². The van der Waals surface area contributed by atoms with Crippen molar-refractivity contribution in [2.45, 2.75) is 64.3 Å². The number of unbranched alkanes of at least 4 members (excludes halogenated alkanes) is 1. The van der Waals surface area contributed by atoms with E-state index in [0.29, 0.717) is 0 Å². The zero-order valence-corrected chi connectivity index (χ0v) is 19.0. The summed E-state index contributed by atoms with van der Waals surface area (Å²) in [4.78, 5) is 10.3. The van der Waals surface area contributed by atoms with Gasteiger partial charge in [-0.15, -0.1) is 24.0 Å². The lowest BCUT2D eigenvalue weighted by atomic mass is 9.84.